The predicted molar refractivity (Wildman–Crippen MR) is 83.5 cm³/mol. The third-order valence-electron chi connectivity index (χ3n) is 1.52. The van der Waals surface area contributed by atoms with Crippen LogP contribution in [0.3, 0.4) is 0 Å². The molecule has 0 aromatic heterocycles. The topological polar surface area (TPSA) is 196 Å². The predicted octanol–water partition coefficient (Wildman–Crippen LogP) is -2.10. The molecule has 0 saturated heterocycles. The summed E-state index contributed by atoms with van der Waals surface area (Å²) in [4.78, 5) is 10.3. The van der Waals surface area contributed by atoms with Gasteiger partial charge in [0.2, 0.25) is 0 Å². The molecule has 0 heterocycles. The lowest BCUT2D eigenvalue weighted by Gasteiger charge is -1.95. The first-order chi connectivity index (χ1) is 10.5. The third kappa shape index (κ3) is 20.6. The van der Waals surface area contributed by atoms with Crippen LogP contribution in [0.5, 0.6) is 5.75 Å². The van der Waals surface area contributed by atoms with Gasteiger partial charge in [0, 0.05) is 19.6 Å². The number of hydrogen-bond acceptors (Lipinski definition) is 8. The molecule has 0 spiro atoms. The van der Waals surface area contributed by atoms with E-state index in [0.717, 1.165) is 0 Å². The molecule has 0 aliphatic carbocycles. The quantitative estimate of drug-likeness (QED) is 0.306. The molecule has 22 heavy (non-hydrogen) atoms. The summed E-state index contributed by atoms with van der Waals surface area (Å²) in [6, 6.07) is 5.81. The van der Waals surface area contributed by atoms with E-state index in [-0.39, 0.29) is 31.1 Å². The van der Waals surface area contributed by atoms with Crippen molar-refractivity contribution in [3.8, 4) is 5.75 Å². The second-order valence-corrected chi connectivity index (χ2v) is 3.36. The molecule has 0 atom stereocenters. The first kappa shape index (κ1) is 25.2. The number of hydrogen-bond donors (Lipinski definition) is 8. The lowest BCUT2D eigenvalue weighted by molar-refractivity contribution is 0.0693. The number of nitrogens with two attached hydrogens (primary N) is 3. The highest BCUT2D eigenvalue weighted by Crippen LogP contribution is 2.14. The molecule has 130 valence electrons. The molecule has 0 amide bonds. The molecular formula is C13H27N3O6. The van der Waals surface area contributed by atoms with E-state index in [9.17, 15) is 4.79 Å². The Bertz CT molecular complexity index is 337. The third-order valence-corrected chi connectivity index (χ3v) is 1.52. The number of aliphatic hydroxyl groups is 3. The first-order valence-corrected chi connectivity index (χ1v) is 6.40. The average molecular weight is 321 g/mol. The summed E-state index contributed by atoms with van der Waals surface area (Å²) in [5, 5.41) is 40.6. The van der Waals surface area contributed by atoms with E-state index in [1.165, 1.54) is 12.1 Å². The maximum Gasteiger partial charge on any atom is 0.339 e. The molecule has 11 N–H and O–H groups in total. The SMILES string of the molecule is NCCO.NCCO.NCCO.O=C(O)c1ccccc1O. The van der Waals surface area contributed by atoms with Gasteiger partial charge in [-0.3, -0.25) is 0 Å². The first-order valence-electron chi connectivity index (χ1n) is 6.40. The maximum atomic E-state index is 10.3. The molecule has 1 aromatic carbocycles. The van der Waals surface area contributed by atoms with Gasteiger partial charge >= 0.3 is 5.97 Å². The number of rotatable bonds is 4. The molecular weight excluding hydrogens is 294 g/mol. The summed E-state index contributed by atoms with van der Waals surface area (Å²) >= 11 is 0. The van der Waals surface area contributed by atoms with Crippen LogP contribution in [0.15, 0.2) is 24.3 Å². The Hall–Kier alpha value is -1.75. The molecule has 9 nitrogen and oxygen atoms in total. The zero-order chi connectivity index (χ0) is 17.8. The Balaban J connectivity index is -0.000000253. The molecule has 0 saturated carbocycles. The minimum Gasteiger partial charge on any atom is -0.507 e. The lowest BCUT2D eigenvalue weighted by atomic mass is 10.2. The van der Waals surface area contributed by atoms with Gasteiger partial charge in [0.15, 0.2) is 0 Å². The Labute approximate surface area is 129 Å². The van der Waals surface area contributed by atoms with Crippen LogP contribution in [0.4, 0.5) is 0 Å². The van der Waals surface area contributed by atoms with Gasteiger partial charge < -0.3 is 42.7 Å². The van der Waals surface area contributed by atoms with Crippen molar-refractivity contribution < 1.29 is 30.3 Å². The zero-order valence-electron chi connectivity index (χ0n) is 12.4. The van der Waals surface area contributed by atoms with Gasteiger partial charge in [0.05, 0.1) is 19.8 Å². The molecule has 9 heteroatoms. The zero-order valence-corrected chi connectivity index (χ0v) is 12.4. The van der Waals surface area contributed by atoms with Crippen LogP contribution in [0.2, 0.25) is 0 Å². The minimum absolute atomic E-state index is 0.0671. The van der Waals surface area contributed by atoms with E-state index in [1.807, 2.05) is 0 Å². The summed E-state index contributed by atoms with van der Waals surface area (Å²) in [5.41, 5.74) is 14.3. The molecule has 0 aliphatic rings. The number of aromatic hydroxyl groups is 1. The number of carboxylic acid groups (broad SMARTS) is 1. The number of carboxylic acids is 1. The van der Waals surface area contributed by atoms with Crippen molar-refractivity contribution in [3.63, 3.8) is 0 Å². The number of phenols is 1. The fourth-order valence-corrected chi connectivity index (χ4v) is 0.654. The summed E-state index contributed by atoms with van der Waals surface area (Å²) in [7, 11) is 0. The van der Waals surface area contributed by atoms with Crippen LogP contribution in [-0.4, -0.2) is 71.0 Å². The van der Waals surface area contributed by atoms with Crippen LogP contribution >= 0.6 is 0 Å². The molecule has 1 rings (SSSR count). The van der Waals surface area contributed by atoms with Gasteiger partial charge in [-0.2, -0.15) is 0 Å². The van der Waals surface area contributed by atoms with Crippen LogP contribution in [0.1, 0.15) is 10.4 Å². The van der Waals surface area contributed by atoms with Gasteiger partial charge in [0.25, 0.3) is 0 Å². The van der Waals surface area contributed by atoms with Crippen molar-refractivity contribution in [2.24, 2.45) is 17.2 Å². The Morgan fingerprint density at radius 3 is 1.36 bits per heavy atom. The standard InChI is InChI=1S/C7H6O3.3C2H7NO/c8-6-4-2-1-3-5(6)7(9)10;3*3-1-2-4/h1-4,8H,(H,9,10);3*4H,1-3H2. The highest BCUT2D eigenvalue weighted by molar-refractivity contribution is 5.90. The minimum atomic E-state index is -1.11. The summed E-state index contributed by atoms with van der Waals surface area (Å²) in [6.45, 7) is 1.42. The van der Waals surface area contributed by atoms with Crippen molar-refractivity contribution >= 4 is 5.97 Å². The van der Waals surface area contributed by atoms with Gasteiger partial charge in [-0.25, -0.2) is 4.79 Å². The summed E-state index contributed by atoms with van der Waals surface area (Å²) < 4.78 is 0. The van der Waals surface area contributed by atoms with Crippen molar-refractivity contribution in [2.75, 3.05) is 39.5 Å². The van der Waals surface area contributed by atoms with Crippen LogP contribution in [-0.2, 0) is 0 Å². The summed E-state index contributed by atoms with van der Waals surface area (Å²) in [6.07, 6.45) is 0. The second-order valence-electron chi connectivity index (χ2n) is 3.36. The van der Waals surface area contributed by atoms with Crippen molar-refractivity contribution in [1.29, 1.82) is 0 Å². The van der Waals surface area contributed by atoms with E-state index in [2.05, 4.69) is 0 Å². The van der Waals surface area contributed by atoms with Crippen LogP contribution in [0.25, 0.3) is 0 Å². The van der Waals surface area contributed by atoms with Gasteiger partial charge in [0.1, 0.15) is 11.3 Å². The smallest absolute Gasteiger partial charge is 0.339 e. The highest BCUT2D eigenvalue weighted by Gasteiger charge is 2.05. The van der Waals surface area contributed by atoms with Crippen molar-refractivity contribution in [1.82, 2.24) is 0 Å². The fourth-order valence-electron chi connectivity index (χ4n) is 0.654. The van der Waals surface area contributed by atoms with Crippen LogP contribution < -0.4 is 17.2 Å². The van der Waals surface area contributed by atoms with Crippen molar-refractivity contribution in [2.45, 2.75) is 0 Å². The van der Waals surface area contributed by atoms with E-state index < -0.39 is 5.97 Å². The van der Waals surface area contributed by atoms with Gasteiger partial charge in [-0.15, -0.1) is 0 Å². The largest absolute Gasteiger partial charge is 0.507 e. The molecule has 0 bridgehead atoms. The number of aliphatic hydroxyl groups excluding tert-OH is 3. The Morgan fingerprint density at radius 2 is 1.18 bits per heavy atom. The maximum absolute atomic E-state index is 10.3. The lowest BCUT2D eigenvalue weighted by Crippen LogP contribution is -2.02. The molecule has 0 radical (unpaired) electrons. The summed E-state index contributed by atoms with van der Waals surface area (Å²) in [5.74, 6) is -1.31. The Morgan fingerprint density at radius 1 is 0.864 bits per heavy atom. The second kappa shape index (κ2) is 21.5. The molecule has 0 unspecified atom stereocenters. The normalized spacial score (nSPS) is 8.27. The monoisotopic (exact) mass is 321 g/mol. The van der Waals surface area contributed by atoms with E-state index in [4.69, 9.17) is 42.7 Å². The molecule has 1 aromatic rings. The number of carbonyl (C=O) groups is 1. The van der Waals surface area contributed by atoms with Crippen LogP contribution in [0, 0.1) is 0 Å². The van der Waals surface area contributed by atoms with Crippen molar-refractivity contribution in [3.05, 3.63) is 29.8 Å². The molecule has 0 aliphatic heterocycles. The highest BCUT2D eigenvalue weighted by atomic mass is 16.4. The van der Waals surface area contributed by atoms with Gasteiger partial charge in [-0.1, -0.05) is 12.1 Å². The number of para-hydroxylation sites is 1. The van der Waals surface area contributed by atoms with E-state index in [0.29, 0.717) is 19.6 Å². The number of aromatic carboxylic acids is 1. The fraction of sp³-hybridized carbons (Fsp3) is 0.462. The average Bonchev–Trinajstić information content (AvgIpc) is 2.55. The number of benzene rings is 1. The van der Waals surface area contributed by atoms with Gasteiger partial charge in [-0.05, 0) is 12.1 Å². The molecule has 0 fully saturated rings. The Kier molecular flexibility index (Phi) is 24.7. The van der Waals surface area contributed by atoms with E-state index in [1.54, 1.807) is 12.1 Å². The van der Waals surface area contributed by atoms with E-state index >= 15 is 0 Å².